The van der Waals surface area contributed by atoms with Gasteiger partial charge in [0, 0.05) is 32.7 Å². The standard InChI is InChI=1S/C17H13FN4O3.2H2/c18-13-7-11(1-3-14(13)22-6-5-19-9-22)20-17(23)21-12-2-4-15-16(8-12)25-10-24-15;;/h1-9H,10H2,(H2,20,21,23);2*1H. The third-order valence-corrected chi connectivity index (χ3v) is 3.62. The zero-order valence-electron chi connectivity index (χ0n) is 12.9. The number of halogens is 1. The number of aromatic nitrogens is 2. The average molecular weight is 344 g/mol. The van der Waals surface area contributed by atoms with E-state index in [1.54, 1.807) is 47.3 Å². The summed E-state index contributed by atoms with van der Waals surface area (Å²) in [6, 6.07) is 8.98. The van der Waals surface area contributed by atoms with E-state index in [1.807, 2.05) is 0 Å². The lowest BCUT2D eigenvalue weighted by atomic mass is 10.2. The van der Waals surface area contributed by atoms with Crippen molar-refractivity contribution in [1.29, 1.82) is 0 Å². The fraction of sp³-hybridized carbons (Fsp3) is 0.0588. The third kappa shape index (κ3) is 3.09. The second-order valence-corrected chi connectivity index (χ2v) is 5.28. The predicted molar refractivity (Wildman–Crippen MR) is 93.0 cm³/mol. The van der Waals surface area contributed by atoms with Gasteiger partial charge in [-0.25, -0.2) is 14.2 Å². The van der Waals surface area contributed by atoms with Gasteiger partial charge in [0.25, 0.3) is 0 Å². The highest BCUT2D eigenvalue weighted by Gasteiger charge is 2.14. The number of carbonyl (C=O) groups excluding carboxylic acids is 1. The van der Waals surface area contributed by atoms with E-state index in [9.17, 15) is 9.18 Å². The molecule has 3 aromatic rings. The first kappa shape index (κ1) is 15.0. The number of imidazole rings is 1. The number of rotatable bonds is 3. The molecule has 130 valence electrons. The highest BCUT2D eigenvalue weighted by molar-refractivity contribution is 6.00. The van der Waals surface area contributed by atoms with E-state index in [2.05, 4.69) is 15.6 Å². The minimum absolute atomic E-state index is 0. The molecule has 0 atom stereocenters. The van der Waals surface area contributed by atoms with Gasteiger partial charge in [-0.15, -0.1) is 0 Å². The lowest BCUT2D eigenvalue weighted by Crippen LogP contribution is -2.19. The number of amides is 2. The molecule has 7 nitrogen and oxygen atoms in total. The van der Waals surface area contributed by atoms with Crippen molar-refractivity contribution in [3.8, 4) is 17.2 Å². The van der Waals surface area contributed by atoms with Crippen molar-refractivity contribution in [3.63, 3.8) is 0 Å². The van der Waals surface area contributed by atoms with Crippen LogP contribution in [-0.4, -0.2) is 22.4 Å². The van der Waals surface area contributed by atoms with Crippen molar-refractivity contribution in [2.24, 2.45) is 0 Å². The van der Waals surface area contributed by atoms with Crippen molar-refractivity contribution in [3.05, 3.63) is 60.9 Å². The van der Waals surface area contributed by atoms with Crippen LogP contribution in [0.4, 0.5) is 20.6 Å². The molecule has 2 N–H and O–H groups in total. The summed E-state index contributed by atoms with van der Waals surface area (Å²) in [6.07, 6.45) is 4.69. The van der Waals surface area contributed by atoms with Gasteiger partial charge >= 0.3 is 6.03 Å². The third-order valence-electron chi connectivity index (χ3n) is 3.62. The SMILES string of the molecule is O=C(Nc1ccc(-n2ccnc2)c(F)c1)Nc1ccc2c(c1)OCO2.[HH].[HH]. The van der Waals surface area contributed by atoms with Gasteiger partial charge in [-0.05, 0) is 30.3 Å². The number of anilines is 2. The Hall–Kier alpha value is -3.55. The predicted octanol–water partition coefficient (Wildman–Crippen LogP) is 3.88. The smallest absolute Gasteiger partial charge is 0.323 e. The monoisotopic (exact) mass is 344 g/mol. The van der Waals surface area contributed by atoms with E-state index in [4.69, 9.17) is 9.47 Å². The average Bonchev–Trinajstić information content (AvgIpc) is 3.25. The molecule has 2 heterocycles. The minimum atomic E-state index is -0.492. The van der Waals surface area contributed by atoms with Gasteiger partial charge in [0.15, 0.2) is 11.5 Å². The lowest BCUT2D eigenvalue weighted by Gasteiger charge is -2.10. The van der Waals surface area contributed by atoms with Crippen LogP contribution < -0.4 is 20.1 Å². The number of nitrogens with zero attached hydrogens (tertiary/aromatic N) is 2. The summed E-state index contributed by atoms with van der Waals surface area (Å²) in [5.74, 6) is 0.718. The van der Waals surface area contributed by atoms with Gasteiger partial charge in [-0.3, -0.25) is 0 Å². The molecule has 0 radical (unpaired) electrons. The molecule has 1 aromatic heterocycles. The molecule has 0 bridgehead atoms. The molecular formula is C17H17FN4O3. The molecule has 0 saturated carbocycles. The van der Waals surface area contributed by atoms with Gasteiger partial charge in [0.05, 0.1) is 12.0 Å². The van der Waals surface area contributed by atoms with E-state index in [-0.39, 0.29) is 9.65 Å². The van der Waals surface area contributed by atoms with E-state index >= 15 is 0 Å². The number of urea groups is 1. The highest BCUT2D eigenvalue weighted by Crippen LogP contribution is 2.34. The summed E-state index contributed by atoms with van der Waals surface area (Å²) < 4.78 is 26.2. The highest BCUT2D eigenvalue weighted by atomic mass is 19.1. The Morgan fingerprint density at radius 1 is 1.12 bits per heavy atom. The maximum atomic E-state index is 14.2. The summed E-state index contributed by atoms with van der Waals surface area (Å²) in [6.45, 7) is 0.160. The maximum Gasteiger partial charge on any atom is 0.323 e. The van der Waals surface area contributed by atoms with Crippen molar-refractivity contribution in [2.75, 3.05) is 17.4 Å². The van der Waals surface area contributed by atoms with Crippen LogP contribution in [0.1, 0.15) is 2.85 Å². The molecular weight excluding hydrogens is 327 g/mol. The normalized spacial score (nSPS) is 12.0. The molecule has 1 aliphatic heterocycles. The molecule has 8 heteroatoms. The number of benzene rings is 2. The topological polar surface area (TPSA) is 77.4 Å². The first-order chi connectivity index (χ1) is 12.2. The van der Waals surface area contributed by atoms with Crippen LogP contribution in [0.2, 0.25) is 0 Å². The van der Waals surface area contributed by atoms with Gasteiger partial charge in [-0.1, -0.05) is 0 Å². The molecule has 0 spiro atoms. The Balaban J connectivity index is 0.00000131. The Labute approximate surface area is 145 Å². The van der Waals surface area contributed by atoms with E-state index < -0.39 is 11.8 Å². The van der Waals surface area contributed by atoms with Crippen LogP contribution in [0.3, 0.4) is 0 Å². The van der Waals surface area contributed by atoms with Crippen LogP contribution in [0.15, 0.2) is 55.1 Å². The number of carbonyl (C=O) groups is 1. The Morgan fingerprint density at radius 2 is 1.88 bits per heavy atom. The summed E-state index contributed by atoms with van der Waals surface area (Å²) in [5, 5.41) is 5.24. The quantitative estimate of drug-likeness (QED) is 0.756. The molecule has 0 saturated heterocycles. The van der Waals surface area contributed by atoms with Gasteiger partial charge < -0.3 is 24.7 Å². The second-order valence-electron chi connectivity index (χ2n) is 5.28. The number of fused-ring (bicyclic) bond motifs is 1. The first-order valence-corrected chi connectivity index (χ1v) is 7.44. The molecule has 2 aromatic carbocycles. The van der Waals surface area contributed by atoms with Crippen LogP contribution in [-0.2, 0) is 0 Å². The Bertz CT molecular complexity index is 938. The Kier molecular flexibility index (Phi) is 3.70. The zero-order valence-corrected chi connectivity index (χ0v) is 12.9. The lowest BCUT2D eigenvalue weighted by molar-refractivity contribution is 0.174. The second kappa shape index (κ2) is 6.16. The summed E-state index contributed by atoms with van der Waals surface area (Å²) in [7, 11) is 0. The zero-order chi connectivity index (χ0) is 17.2. The number of ether oxygens (including phenoxy) is 2. The summed E-state index contributed by atoms with van der Waals surface area (Å²) in [5.41, 5.74) is 1.22. The molecule has 25 heavy (non-hydrogen) atoms. The van der Waals surface area contributed by atoms with E-state index in [1.165, 1.54) is 12.4 Å². The van der Waals surface area contributed by atoms with Gasteiger partial charge in [0.2, 0.25) is 6.79 Å². The van der Waals surface area contributed by atoms with Crippen LogP contribution >= 0.6 is 0 Å². The van der Waals surface area contributed by atoms with Crippen LogP contribution in [0, 0.1) is 5.82 Å². The van der Waals surface area contributed by atoms with Gasteiger partial charge in [-0.2, -0.15) is 0 Å². The fourth-order valence-corrected chi connectivity index (χ4v) is 2.46. The van der Waals surface area contributed by atoms with Crippen molar-refractivity contribution in [2.45, 2.75) is 0 Å². The van der Waals surface area contributed by atoms with Crippen molar-refractivity contribution in [1.82, 2.24) is 9.55 Å². The molecule has 0 unspecified atom stereocenters. The van der Waals surface area contributed by atoms with Crippen LogP contribution in [0.25, 0.3) is 5.69 Å². The van der Waals surface area contributed by atoms with E-state index in [0.717, 1.165) is 0 Å². The fourth-order valence-electron chi connectivity index (χ4n) is 2.46. The molecule has 0 aliphatic carbocycles. The summed E-state index contributed by atoms with van der Waals surface area (Å²) >= 11 is 0. The molecule has 4 rings (SSSR count). The Morgan fingerprint density at radius 3 is 2.64 bits per heavy atom. The number of hydrogen-bond donors (Lipinski definition) is 2. The number of nitrogens with one attached hydrogen (secondary N) is 2. The minimum Gasteiger partial charge on any atom is -0.454 e. The largest absolute Gasteiger partial charge is 0.454 e. The van der Waals surface area contributed by atoms with Crippen molar-refractivity contribution < 1.29 is 21.5 Å². The van der Waals surface area contributed by atoms with Gasteiger partial charge in [0.1, 0.15) is 5.82 Å². The molecule has 1 aliphatic rings. The number of hydrogen-bond acceptors (Lipinski definition) is 4. The molecule has 2 amide bonds. The van der Waals surface area contributed by atoms with E-state index in [0.29, 0.717) is 28.6 Å². The van der Waals surface area contributed by atoms with Crippen molar-refractivity contribution >= 4 is 17.4 Å². The first-order valence-electron chi connectivity index (χ1n) is 7.44. The van der Waals surface area contributed by atoms with Crippen LogP contribution in [0.5, 0.6) is 11.5 Å². The molecule has 0 fully saturated rings. The maximum absolute atomic E-state index is 14.2. The summed E-state index contributed by atoms with van der Waals surface area (Å²) in [4.78, 5) is 16.0.